The van der Waals surface area contributed by atoms with E-state index in [1.54, 1.807) is 0 Å². The molecule has 2 heteroatoms. The van der Waals surface area contributed by atoms with Gasteiger partial charge in [-0.15, -0.1) is 0 Å². The summed E-state index contributed by atoms with van der Waals surface area (Å²) in [7, 11) is 0. The van der Waals surface area contributed by atoms with Gasteiger partial charge in [-0.2, -0.15) is 0 Å². The molecule has 0 amide bonds. The van der Waals surface area contributed by atoms with E-state index in [4.69, 9.17) is 4.42 Å². The highest BCUT2D eigenvalue weighted by molar-refractivity contribution is 6.17. The summed E-state index contributed by atoms with van der Waals surface area (Å²) < 4.78 is 6.62. The highest BCUT2D eigenvalue weighted by Gasteiger charge is 2.22. The number of hydrogen-bond donors (Lipinski definition) is 0. The lowest BCUT2D eigenvalue weighted by Gasteiger charge is -2.28. The molecule has 0 unspecified atom stereocenters. The fourth-order valence-corrected chi connectivity index (χ4v) is 10.4. The lowest BCUT2D eigenvalue weighted by molar-refractivity contribution is 0.669. The molecule has 0 saturated carbocycles. The van der Waals surface area contributed by atoms with E-state index in [9.17, 15) is 0 Å². The van der Waals surface area contributed by atoms with Crippen LogP contribution in [0.1, 0.15) is 0 Å². The van der Waals surface area contributed by atoms with Crippen LogP contribution in [0.5, 0.6) is 0 Å². The van der Waals surface area contributed by atoms with Crippen LogP contribution in [0.15, 0.2) is 265 Å². The van der Waals surface area contributed by atoms with E-state index in [-0.39, 0.29) is 0 Å². The third-order valence-electron chi connectivity index (χ3n) is 13.7. The summed E-state index contributed by atoms with van der Waals surface area (Å²) in [5.41, 5.74) is 16.7. The minimum Gasteiger partial charge on any atom is -0.456 e. The molecule has 0 N–H and O–H groups in total. The molecule has 13 aromatic rings. The molecule has 0 fully saturated rings. The second-order valence-electron chi connectivity index (χ2n) is 17.6. The van der Waals surface area contributed by atoms with Crippen LogP contribution < -0.4 is 4.90 Å². The summed E-state index contributed by atoms with van der Waals surface area (Å²) in [5.74, 6) is 0. The van der Waals surface area contributed by atoms with Gasteiger partial charge in [0.25, 0.3) is 0 Å². The standard InChI is InChI=1S/C66H43NO/c1-3-16-45(17-4-1)55-39-34-50(40-60(55)46-18-5-2-6-19-46)44-30-35-52(36-31-44)67(53-37-32-47(33-38-53)61-42-51-22-9-10-23-54(51)56-24-11-12-25-57(56)61)63-28-14-13-26-58(63)59-27-15-29-64-66(59)62-41-48-20-7-8-21-49(48)43-65(62)68-64/h1-43H. The Hall–Kier alpha value is -8.98. The fourth-order valence-electron chi connectivity index (χ4n) is 10.4. The summed E-state index contributed by atoms with van der Waals surface area (Å²) in [6, 6.07) is 94.5. The number of anilines is 3. The van der Waals surface area contributed by atoms with Crippen LogP contribution in [0.25, 0.3) is 110 Å². The number of para-hydroxylation sites is 1. The topological polar surface area (TPSA) is 16.4 Å². The molecule has 0 spiro atoms. The molecule has 0 aliphatic carbocycles. The molecule has 68 heavy (non-hydrogen) atoms. The number of fused-ring (bicyclic) bond motifs is 7. The quantitative estimate of drug-likeness (QED) is 0.142. The first-order valence-corrected chi connectivity index (χ1v) is 23.3. The van der Waals surface area contributed by atoms with E-state index in [1.165, 1.54) is 71.3 Å². The number of hydrogen-bond acceptors (Lipinski definition) is 2. The van der Waals surface area contributed by atoms with Gasteiger partial charge in [-0.05, 0) is 143 Å². The zero-order valence-electron chi connectivity index (χ0n) is 37.2. The molecule has 0 aliphatic heterocycles. The minimum absolute atomic E-state index is 0.874. The number of rotatable bonds is 8. The molecule has 0 radical (unpaired) electrons. The number of benzene rings is 12. The zero-order chi connectivity index (χ0) is 45.0. The molecule has 0 saturated heterocycles. The maximum Gasteiger partial charge on any atom is 0.136 e. The molecule has 2 nitrogen and oxygen atoms in total. The molecule has 0 atom stereocenters. The maximum absolute atomic E-state index is 6.62. The number of nitrogens with zero attached hydrogens (tertiary/aromatic N) is 1. The largest absolute Gasteiger partial charge is 0.456 e. The lowest BCUT2D eigenvalue weighted by Crippen LogP contribution is -2.11. The van der Waals surface area contributed by atoms with E-state index >= 15 is 0 Å². The SMILES string of the molecule is c1ccc(-c2ccc(-c3ccc(N(c4ccc(-c5cc6ccccc6c6ccccc56)cc4)c4ccccc4-c4cccc5oc6cc7ccccc7cc6c45)cc3)cc2-c2ccccc2)cc1. The van der Waals surface area contributed by atoms with Gasteiger partial charge in [0.15, 0.2) is 0 Å². The average Bonchev–Trinajstić information content (AvgIpc) is 3.78. The molecular weight excluding hydrogens is 823 g/mol. The van der Waals surface area contributed by atoms with Gasteiger partial charge in [0.1, 0.15) is 11.2 Å². The summed E-state index contributed by atoms with van der Waals surface area (Å²) in [6.07, 6.45) is 0. The van der Waals surface area contributed by atoms with Gasteiger partial charge >= 0.3 is 0 Å². The first-order chi connectivity index (χ1) is 33.7. The number of furan rings is 1. The second-order valence-corrected chi connectivity index (χ2v) is 17.6. The van der Waals surface area contributed by atoms with Crippen LogP contribution in [0, 0.1) is 0 Å². The minimum atomic E-state index is 0.874. The third-order valence-corrected chi connectivity index (χ3v) is 13.7. The second kappa shape index (κ2) is 16.5. The normalized spacial score (nSPS) is 11.5. The molecule has 1 aromatic heterocycles. The Morgan fingerprint density at radius 1 is 0.250 bits per heavy atom. The van der Waals surface area contributed by atoms with Crippen molar-refractivity contribution in [1.29, 1.82) is 0 Å². The van der Waals surface area contributed by atoms with Crippen molar-refractivity contribution < 1.29 is 4.42 Å². The van der Waals surface area contributed by atoms with Crippen LogP contribution in [-0.4, -0.2) is 0 Å². The first kappa shape index (κ1) is 39.4. The monoisotopic (exact) mass is 865 g/mol. The van der Waals surface area contributed by atoms with Gasteiger partial charge in [0, 0.05) is 27.7 Å². The summed E-state index contributed by atoms with van der Waals surface area (Å²) >= 11 is 0. The predicted molar refractivity (Wildman–Crippen MR) is 288 cm³/mol. The van der Waals surface area contributed by atoms with Gasteiger partial charge in [-0.25, -0.2) is 0 Å². The summed E-state index contributed by atoms with van der Waals surface area (Å²) in [4.78, 5) is 2.41. The average molecular weight is 866 g/mol. The fraction of sp³-hybridized carbons (Fsp3) is 0. The Morgan fingerprint density at radius 2 is 0.794 bits per heavy atom. The van der Waals surface area contributed by atoms with E-state index < -0.39 is 0 Å². The van der Waals surface area contributed by atoms with Crippen LogP contribution in [-0.2, 0) is 0 Å². The van der Waals surface area contributed by atoms with Crippen molar-refractivity contribution in [3.63, 3.8) is 0 Å². The Balaban J connectivity index is 0.969. The van der Waals surface area contributed by atoms with Crippen LogP contribution in [0.3, 0.4) is 0 Å². The maximum atomic E-state index is 6.62. The summed E-state index contributed by atoms with van der Waals surface area (Å²) in [6.45, 7) is 0. The third kappa shape index (κ3) is 6.82. The van der Waals surface area contributed by atoms with Crippen molar-refractivity contribution in [1.82, 2.24) is 0 Å². The van der Waals surface area contributed by atoms with Crippen molar-refractivity contribution in [3.8, 4) is 55.6 Å². The zero-order valence-corrected chi connectivity index (χ0v) is 37.2. The van der Waals surface area contributed by atoms with E-state index in [1.807, 2.05) is 0 Å². The Labute approximate surface area is 395 Å². The van der Waals surface area contributed by atoms with Crippen molar-refractivity contribution in [2.75, 3.05) is 4.90 Å². The molecule has 1 heterocycles. The van der Waals surface area contributed by atoms with Crippen molar-refractivity contribution in [2.45, 2.75) is 0 Å². The molecule has 0 aliphatic rings. The Bertz CT molecular complexity index is 4000. The molecule has 13 rings (SSSR count). The highest BCUT2D eigenvalue weighted by Crippen LogP contribution is 2.46. The van der Waals surface area contributed by atoms with Gasteiger partial charge in [-0.3, -0.25) is 0 Å². The van der Waals surface area contributed by atoms with E-state index in [0.29, 0.717) is 0 Å². The van der Waals surface area contributed by atoms with E-state index in [2.05, 4.69) is 266 Å². The van der Waals surface area contributed by atoms with Crippen LogP contribution in [0.2, 0.25) is 0 Å². The van der Waals surface area contributed by atoms with Crippen molar-refractivity contribution in [2.24, 2.45) is 0 Å². The lowest BCUT2D eigenvalue weighted by atomic mass is 9.91. The predicted octanol–water partition coefficient (Wildman–Crippen LogP) is 18.9. The van der Waals surface area contributed by atoms with Gasteiger partial charge in [-0.1, -0.05) is 200 Å². The van der Waals surface area contributed by atoms with Crippen LogP contribution >= 0.6 is 0 Å². The van der Waals surface area contributed by atoms with Crippen LogP contribution in [0.4, 0.5) is 17.1 Å². The molecule has 0 bridgehead atoms. The first-order valence-electron chi connectivity index (χ1n) is 23.3. The molecule has 12 aromatic carbocycles. The Kier molecular flexibility index (Phi) is 9.54. The summed E-state index contributed by atoms with van der Waals surface area (Å²) in [5, 5.41) is 9.60. The van der Waals surface area contributed by atoms with Gasteiger partial charge < -0.3 is 9.32 Å². The van der Waals surface area contributed by atoms with Crippen molar-refractivity contribution >= 4 is 71.3 Å². The smallest absolute Gasteiger partial charge is 0.136 e. The molecular formula is C66H43NO. The Morgan fingerprint density at radius 3 is 1.53 bits per heavy atom. The molecule has 318 valence electrons. The van der Waals surface area contributed by atoms with Gasteiger partial charge in [0.2, 0.25) is 0 Å². The van der Waals surface area contributed by atoms with E-state index in [0.717, 1.165) is 55.7 Å². The van der Waals surface area contributed by atoms with Gasteiger partial charge in [0.05, 0.1) is 5.69 Å². The highest BCUT2D eigenvalue weighted by atomic mass is 16.3. The van der Waals surface area contributed by atoms with Crippen molar-refractivity contribution in [3.05, 3.63) is 261 Å².